The Kier molecular flexibility index (Phi) is 4.37. The highest BCUT2D eigenvalue weighted by molar-refractivity contribution is 5.79. The highest BCUT2D eigenvalue weighted by Crippen LogP contribution is 2.28. The lowest BCUT2D eigenvalue weighted by molar-refractivity contribution is -0.137. The van der Waals surface area contributed by atoms with Crippen molar-refractivity contribution in [2.24, 2.45) is 0 Å². The molecule has 1 heterocycles. The smallest absolute Gasteiger partial charge is 0.318 e. The minimum Gasteiger partial charge on any atom is -0.481 e. The Balaban J connectivity index is 2.58. The summed E-state index contributed by atoms with van der Waals surface area (Å²) < 4.78 is 10.1. The number of aryl methyl sites for hydroxylation is 1. The zero-order valence-electron chi connectivity index (χ0n) is 12.0. The number of carbonyl (C=O) groups is 1. The molecule has 0 saturated carbocycles. The molecule has 2 aromatic rings. The van der Waals surface area contributed by atoms with Gasteiger partial charge in [0.15, 0.2) is 5.82 Å². The van der Waals surface area contributed by atoms with Crippen LogP contribution in [-0.2, 0) is 4.79 Å². The van der Waals surface area contributed by atoms with Gasteiger partial charge in [0, 0.05) is 0 Å². The van der Waals surface area contributed by atoms with Gasteiger partial charge in [-0.3, -0.25) is 4.79 Å². The van der Waals surface area contributed by atoms with E-state index in [-0.39, 0.29) is 17.6 Å². The van der Waals surface area contributed by atoms with Crippen LogP contribution in [0, 0.1) is 6.92 Å². The second-order valence-electron chi connectivity index (χ2n) is 4.44. The molecule has 1 N–H and O–H groups in total. The number of aromatic nitrogens is 2. The summed E-state index contributed by atoms with van der Waals surface area (Å²) in [5, 5.41) is 9.57. The molecule has 0 aliphatic carbocycles. The van der Waals surface area contributed by atoms with E-state index in [1.165, 1.54) is 20.3 Å². The van der Waals surface area contributed by atoms with Crippen molar-refractivity contribution in [1.29, 1.82) is 0 Å². The summed E-state index contributed by atoms with van der Waals surface area (Å²) in [7, 11) is 2.91. The van der Waals surface area contributed by atoms with Crippen LogP contribution in [0.2, 0.25) is 0 Å². The van der Waals surface area contributed by atoms with Crippen LogP contribution in [0.4, 0.5) is 0 Å². The van der Waals surface area contributed by atoms with Gasteiger partial charge in [-0.05, 0) is 18.1 Å². The molecule has 0 fully saturated rings. The fraction of sp³-hybridized carbons (Fsp3) is 0.267. The molecule has 0 bridgehead atoms. The summed E-state index contributed by atoms with van der Waals surface area (Å²) in [6.45, 7) is 1.85. The topological polar surface area (TPSA) is 81.5 Å². The summed E-state index contributed by atoms with van der Waals surface area (Å²) in [5.41, 5.74) is 1.50. The van der Waals surface area contributed by atoms with E-state index in [1.807, 2.05) is 19.1 Å². The number of benzene rings is 1. The van der Waals surface area contributed by atoms with Gasteiger partial charge in [0.25, 0.3) is 0 Å². The third kappa shape index (κ3) is 3.10. The maximum Gasteiger partial charge on any atom is 0.318 e. The number of hydrogen-bond donors (Lipinski definition) is 1. The van der Waals surface area contributed by atoms with E-state index >= 15 is 0 Å². The van der Waals surface area contributed by atoms with Gasteiger partial charge in [0.1, 0.15) is 5.92 Å². The number of nitrogens with zero attached hydrogens (tertiary/aromatic N) is 2. The summed E-state index contributed by atoms with van der Waals surface area (Å²) in [4.78, 5) is 20.0. The minimum absolute atomic E-state index is 0.132. The Morgan fingerprint density at radius 3 is 2.19 bits per heavy atom. The predicted octanol–water partition coefficient (Wildman–Crippen LogP) is 2.02. The SMILES string of the molecule is COc1cc(OC)nc(C(C(=O)O)c2ccccc2C)n1. The summed E-state index contributed by atoms with van der Waals surface area (Å²) in [6.07, 6.45) is 0. The lowest BCUT2D eigenvalue weighted by Gasteiger charge is -2.15. The first-order chi connectivity index (χ1) is 10.1. The molecule has 1 aromatic carbocycles. The van der Waals surface area contributed by atoms with Crippen molar-refractivity contribution >= 4 is 5.97 Å². The lowest BCUT2D eigenvalue weighted by atomic mass is 9.94. The molecule has 110 valence electrons. The highest BCUT2D eigenvalue weighted by Gasteiger charge is 2.27. The van der Waals surface area contributed by atoms with Crippen molar-refractivity contribution in [3.05, 3.63) is 47.3 Å². The first kappa shape index (κ1) is 14.8. The van der Waals surface area contributed by atoms with Crippen LogP contribution >= 0.6 is 0 Å². The number of methoxy groups -OCH3 is 2. The Hall–Kier alpha value is -2.63. The first-order valence-corrected chi connectivity index (χ1v) is 6.32. The van der Waals surface area contributed by atoms with Crippen molar-refractivity contribution in [2.75, 3.05) is 14.2 Å². The zero-order chi connectivity index (χ0) is 15.4. The third-order valence-electron chi connectivity index (χ3n) is 3.12. The average Bonchev–Trinajstić information content (AvgIpc) is 2.48. The maximum atomic E-state index is 11.7. The quantitative estimate of drug-likeness (QED) is 0.906. The van der Waals surface area contributed by atoms with Gasteiger partial charge >= 0.3 is 5.97 Å². The Morgan fingerprint density at radius 2 is 1.71 bits per heavy atom. The van der Waals surface area contributed by atoms with E-state index in [9.17, 15) is 9.90 Å². The van der Waals surface area contributed by atoms with E-state index in [4.69, 9.17) is 9.47 Å². The number of ether oxygens (including phenoxy) is 2. The van der Waals surface area contributed by atoms with Crippen molar-refractivity contribution in [2.45, 2.75) is 12.8 Å². The van der Waals surface area contributed by atoms with Gasteiger partial charge in [-0.15, -0.1) is 0 Å². The number of hydrogen-bond acceptors (Lipinski definition) is 5. The molecule has 0 spiro atoms. The normalized spacial score (nSPS) is 11.8. The standard InChI is InChI=1S/C15H16N2O4/c1-9-6-4-5-7-10(9)13(15(18)19)14-16-11(20-2)8-12(17-14)21-3/h4-8,13H,1-3H3,(H,18,19). The van der Waals surface area contributed by atoms with Crippen molar-refractivity contribution < 1.29 is 19.4 Å². The van der Waals surface area contributed by atoms with Crippen LogP contribution in [0.15, 0.2) is 30.3 Å². The number of carboxylic acid groups (broad SMARTS) is 1. The van der Waals surface area contributed by atoms with E-state index in [1.54, 1.807) is 12.1 Å². The van der Waals surface area contributed by atoms with Crippen LogP contribution in [0.3, 0.4) is 0 Å². The Morgan fingerprint density at radius 1 is 1.14 bits per heavy atom. The maximum absolute atomic E-state index is 11.7. The summed E-state index contributed by atoms with van der Waals surface area (Å²) in [5.74, 6) is -1.35. The van der Waals surface area contributed by atoms with Gasteiger partial charge in [-0.25, -0.2) is 0 Å². The van der Waals surface area contributed by atoms with Crippen LogP contribution in [0.1, 0.15) is 22.9 Å². The molecular weight excluding hydrogens is 272 g/mol. The monoisotopic (exact) mass is 288 g/mol. The molecule has 0 radical (unpaired) electrons. The molecule has 2 rings (SSSR count). The van der Waals surface area contributed by atoms with Crippen molar-refractivity contribution in [3.63, 3.8) is 0 Å². The largest absolute Gasteiger partial charge is 0.481 e. The van der Waals surface area contributed by atoms with Crippen LogP contribution in [-0.4, -0.2) is 35.3 Å². The van der Waals surface area contributed by atoms with Crippen molar-refractivity contribution in [3.8, 4) is 11.8 Å². The van der Waals surface area contributed by atoms with E-state index in [0.29, 0.717) is 5.56 Å². The number of carboxylic acids is 1. The predicted molar refractivity (Wildman–Crippen MR) is 75.8 cm³/mol. The van der Waals surface area contributed by atoms with E-state index in [0.717, 1.165) is 5.56 Å². The molecule has 0 aliphatic heterocycles. The molecule has 1 aromatic heterocycles. The fourth-order valence-corrected chi connectivity index (χ4v) is 2.05. The molecule has 1 unspecified atom stereocenters. The molecule has 1 atom stereocenters. The third-order valence-corrected chi connectivity index (χ3v) is 3.12. The van der Waals surface area contributed by atoms with Gasteiger partial charge < -0.3 is 14.6 Å². The second-order valence-corrected chi connectivity index (χ2v) is 4.44. The molecule has 6 nitrogen and oxygen atoms in total. The Labute approximate surface area is 122 Å². The molecular formula is C15H16N2O4. The second kappa shape index (κ2) is 6.21. The molecule has 21 heavy (non-hydrogen) atoms. The molecule has 6 heteroatoms. The lowest BCUT2D eigenvalue weighted by Crippen LogP contribution is -2.18. The first-order valence-electron chi connectivity index (χ1n) is 6.32. The summed E-state index contributed by atoms with van der Waals surface area (Å²) >= 11 is 0. The zero-order valence-corrected chi connectivity index (χ0v) is 12.0. The Bertz CT molecular complexity index is 636. The van der Waals surface area contributed by atoms with Gasteiger partial charge in [-0.1, -0.05) is 24.3 Å². The van der Waals surface area contributed by atoms with Gasteiger partial charge in [-0.2, -0.15) is 9.97 Å². The van der Waals surface area contributed by atoms with Crippen LogP contribution in [0.5, 0.6) is 11.8 Å². The van der Waals surface area contributed by atoms with Crippen molar-refractivity contribution in [1.82, 2.24) is 9.97 Å². The highest BCUT2D eigenvalue weighted by atomic mass is 16.5. The van der Waals surface area contributed by atoms with E-state index in [2.05, 4.69) is 9.97 Å². The molecule has 0 saturated heterocycles. The number of aliphatic carboxylic acids is 1. The number of rotatable bonds is 5. The van der Waals surface area contributed by atoms with Gasteiger partial charge in [0.2, 0.25) is 11.8 Å². The molecule has 0 amide bonds. The van der Waals surface area contributed by atoms with Gasteiger partial charge in [0.05, 0.1) is 20.3 Å². The summed E-state index contributed by atoms with van der Waals surface area (Å²) in [6, 6.07) is 8.74. The van der Waals surface area contributed by atoms with E-state index < -0.39 is 11.9 Å². The van der Waals surface area contributed by atoms with Crippen LogP contribution in [0.25, 0.3) is 0 Å². The fourth-order valence-electron chi connectivity index (χ4n) is 2.05. The average molecular weight is 288 g/mol. The van der Waals surface area contributed by atoms with Crippen LogP contribution < -0.4 is 9.47 Å². The molecule has 0 aliphatic rings. The minimum atomic E-state index is -1.03.